The van der Waals surface area contributed by atoms with Gasteiger partial charge in [-0.15, -0.1) is 0 Å². The minimum Gasteiger partial charge on any atom is -0.507 e. The van der Waals surface area contributed by atoms with Crippen LogP contribution in [0.5, 0.6) is 17.2 Å². The molecule has 1 aliphatic rings. The second kappa shape index (κ2) is 11.8. The molecule has 0 spiro atoms. The lowest BCUT2D eigenvalue weighted by atomic mass is 9.95. The van der Waals surface area contributed by atoms with Crippen LogP contribution in [0.15, 0.2) is 48.0 Å². The number of methoxy groups -OCH3 is 2. The average Bonchev–Trinajstić information content (AvgIpc) is 3.11. The van der Waals surface area contributed by atoms with Crippen molar-refractivity contribution in [2.45, 2.75) is 39.3 Å². The molecular formula is C27H33NO7. The van der Waals surface area contributed by atoms with Gasteiger partial charge in [0, 0.05) is 18.7 Å². The highest BCUT2D eigenvalue weighted by Crippen LogP contribution is 2.42. The number of rotatable bonds is 11. The number of nitrogens with zero attached hydrogens (tertiary/aromatic N) is 1. The summed E-state index contributed by atoms with van der Waals surface area (Å²) in [6.45, 7) is 6.99. The Morgan fingerprint density at radius 2 is 1.71 bits per heavy atom. The van der Waals surface area contributed by atoms with E-state index < -0.39 is 17.7 Å². The first-order valence-electron chi connectivity index (χ1n) is 11.7. The number of hydrogen-bond donors (Lipinski definition) is 1. The maximum atomic E-state index is 13.2. The second-order valence-corrected chi connectivity index (χ2v) is 8.34. The Bertz CT molecular complexity index is 1080. The van der Waals surface area contributed by atoms with Crippen molar-refractivity contribution in [3.05, 3.63) is 59.2 Å². The van der Waals surface area contributed by atoms with Crippen LogP contribution in [0.3, 0.4) is 0 Å². The van der Waals surface area contributed by atoms with E-state index in [2.05, 4.69) is 0 Å². The summed E-state index contributed by atoms with van der Waals surface area (Å²) in [5.74, 6) is -0.0224. The van der Waals surface area contributed by atoms with Crippen molar-refractivity contribution in [1.82, 2.24) is 4.90 Å². The molecule has 8 nitrogen and oxygen atoms in total. The van der Waals surface area contributed by atoms with Crippen LogP contribution in [0, 0.1) is 0 Å². The smallest absolute Gasteiger partial charge is 0.295 e. The molecule has 2 aromatic rings. The fourth-order valence-corrected chi connectivity index (χ4v) is 4.07. The number of aliphatic hydroxyl groups is 1. The lowest BCUT2D eigenvalue weighted by Gasteiger charge is -2.26. The van der Waals surface area contributed by atoms with E-state index in [4.69, 9.17) is 18.9 Å². The minimum atomic E-state index is -0.791. The summed E-state index contributed by atoms with van der Waals surface area (Å²) in [7, 11) is 3.05. The number of benzene rings is 2. The fraction of sp³-hybridized carbons (Fsp3) is 0.407. The van der Waals surface area contributed by atoms with Gasteiger partial charge in [-0.3, -0.25) is 9.59 Å². The van der Waals surface area contributed by atoms with Gasteiger partial charge in [-0.2, -0.15) is 0 Å². The lowest BCUT2D eigenvalue weighted by molar-refractivity contribution is -0.140. The van der Waals surface area contributed by atoms with E-state index in [0.717, 1.165) is 0 Å². The molecule has 35 heavy (non-hydrogen) atoms. The summed E-state index contributed by atoms with van der Waals surface area (Å²) in [5.41, 5.74) is 1.07. The van der Waals surface area contributed by atoms with Gasteiger partial charge >= 0.3 is 0 Å². The van der Waals surface area contributed by atoms with Crippen molar-refractivity contribution >= 4 is 17.4 Å². The van der Waals surface area contributed by atoms with Crippen molar-refractivity contribution in [3.63, 3.8) is 0 Å². The molecule has 1 N–H and O–H groups in total. The van der Waals surface area contributed by atoms with E-state index in [0.29, 0.717) is 48.0 Å². The summed E-state index contributed by atoms with van der Waals surface area (Å²) in [6, 6.07) is 11.2. The first-order valence-corrected chi connectivity index (χ1v) is 11.7. The van der Waals surface area contributed by atoms with Gasteiger partial charge < -0.3 is 29.0 Å². The highest BCUT2D eigenvalue weighted by Gasteiger charge is 2.46. The van der Waals surface area contributed by atoms with Crippen LogP contribution in [0.25, 0.3) is 5.76 Å². The summed E-state index contributed by atoms with van der Waals surface area (Å²) < 4.78 is 21.9. The molecule has 2 aromatic carbocycles. The Kier molecular flexibility index (Phi) is 8.76. The van der Waals surface area contributed by atoms with Crippen molar-refractivity contribution in [1.29, 1.82) is 0 Å². The first kappa shape index (κ1) is 26.1. The molecule has 0 aromatic heterocycles. The van der Waals surface area contributed by atoms with E-state index in [-0.39, 0.29) is 24.0 Å². The summed E-state index contributed by atoms with van der Waals surface area (Å²) in [5, 5.41) is 11.2. The zero-order valence-corrected chi connectivity index (χ0v) is 20.9. The van der Waals surface area contributed by atoms with Gasteiger partial charge in [0.1, 0.15) is 11.5 Å². The van der Waals surface area contributed by atoms with E-state index in [1.54, 1.807) is 42.5 Å². The molecule has 1 saturated heterocycles. The Labute approximate surface area is 206 Å². The van der Waals surface area contributed by atoms with E-state index in [9.17, 15) is 14.7 Å². The van der Waals surface area contributed by atoms with Gasteiger partial charge in [-0.05, 0) is 69.2 Å². The molecule has 3 rings (SSSR count). The number of Topliss-reactive ketones (excluding diaryl/α,β-unsaturated/α-hetero) is 1. The van der Waals surface area contributed by atoms with Gasteiger partial charge in [0.05, 0.1) is 38.5 Å². The minimum absolute atomic E-state index is 0.0242. The van der Waals surface area contributed by atoms with Gasteiger partial charge in [-0.1, -0.05) is 6.07 Å². The van der Waals surface area contributed by atoms with Crippen LogP contribution in [0.2, 0.25) is 0 Å². The molecule has 0 aliphatic carbocycles. The average molecular weight is 484 g/mol. The number of ketones is 1. The van der Waals surface area contributed by atoms with Crippen LogP contribution >= 0.6 is 0 Å². The van der Waals surface area contributed by atoms with Gasteiger partial charge in [0.15, 0.2) is 11.5 Å². The van der Waals surface area contributed by atoms with Crippen LogP contribution < -0.4 is 14.2 Å². The van der Waals surface area contributed by atoms with Gasteiger partial charge in [-0.25, -0.2) is 0 Å². The maximum absolute atomic E-state index is 13.2. The number of amides is 1. The van der Waals surface area contributed by atoms with Crippen molar-refractivity contribution in [2.75, 3.05) is 34.0 Å². The summed E-state index contributed by atoms with van der Waals surface area (Å²) in [4.78, 5) is 27.8. The molecule has 8 heteroatoms. The van der Waals surface area contributed by atoms with Crippen molar-refractivity contribution in [2.24, 2.45) is 0 Å². The number of carbonyl (C=O) groups is 2. The molecule has 1 amide bonds. The molecule has 1 atom stereocenters. The van der Waals surface area contributed by atoms with E-state index in [1.807, 2.05) is 20.8 Å². The molecule has 1 fully saturated rings. The van der Waals surface area contributed by atoms with Crippen LogP contribution in [0.1, 0.15) is 44.4 Å². The third kappa shape index (κ3) is 5.77. The third-order valence-corrected chi connectivity index (χ3v) is 5.70. The second-order valence-electron chi connectivity index (χ2n) is 8.34. The third-order valence-electron chi connectivity index (χ3n) is 5.70. The van der Waals surface area contributed by atoms with Crippen LogP contribution in [-0.4, -0.2) is 61.8 Å². The lowest BCUT2D eigenvalue weighted by Crippen LogP contribution is -2.31. The van der Waals surface area contributed by atoms with Crippen molar-refractivity contribution in [3.8, 4) is 17.2 Å². The zero-order valence-electron chi connectivity index (χ0n) is 20.9. The number of ether oxygens (including phenoxy) is 4. The van der Waals surface area contributed by atoms with Gasteiger partial charge in [0.2, 0.25) is 0 Å². The molecule has 0 radical (unpaired) electrons. The molecule has 1 heterocycles. The normalized spacial score (nSPS) is 17.2. The largest absolute Gasteiger partial charge is 0.507 e. The number of carbonyl (C=O) groups excluding carboxylic acids is 2. The standard InChI is InChI=1S/C27H33NO7/c1-6-34-20-11-8-18(9-12-20)25(29)23-24(19-10-13-21(32-4)22(16-19)33-5)28(27(31)26(23)30)14-7-15-35-17(2)3/h8-13,16-17,24,29H,6-7,14-15H2,1-5H3/b25-23-. The topological polar surface area (TPSA) is 94.5 Å². The molecule has 1 unspecified atom stereocenters. The SMILES string of the molecule is CCOc1ccc(/C(O)=C2/C(=O)C(=O)N(CCCOC(C)C)C2c2ccc(OC)c(OC)c2)cc1. The quantitative estimate of drug-likeness (QED) is 0.220. The van der Waals surface area contributed by atoms with Gasteiger partial charge in [0.25, 0.3) is 11.7 Å². The zero-order chi connectivity index (χ0) is 25.5. The fourth-order valence-electron chi connectivity index (χ4n) is 4.07. The Hall–Kier alpha value is -3.52. The van der Waals surface area contributed by atoms with E-state index in [1.165, 1.54) is 19.1 Å². The monoisotopic (exact) mass is 483 g/mol. The highest BCUT2D eigenvalue weighted by atomic mass is 16.5. The number of aliphatic hydroxyl groups excluding tert-OH is 1. The summed E-state index contributed by atoms with van der Waals surface area (Å²) >= 11 is 0. The van der Waals surface area contributed by atoms with E-state index >= 15 is 0 Å². The molecule has 0 bridgehead atoms. The Morgan fingerprint density at radius 3 is 2.31 bits per heavy atom. The highest BCUT2D eigenvalue weighted by molar-refractivity contribution is 6.46. The predicted molar refractivity (Wildman–Crippen MR) is 132 cm³/mol. The molecule has 0 saturated carbocycles. The number of hydrogen-bond acceptors (Lipinski definition) is 7. The molecule has 1 aliphatic heterocycles. The first-order chi connectivity index (χ1) is 16.8. The number of likely N-dealkylation sites (tertiary alicyclic amines) is 1. The summed E-state index contributed by atoms with van der Waals surface area (Å²) in [6.07, 6.45) is 0.602. The molecular weight excluding hydrogens is 450 g/mol. The van der Waals surface area contributed by atoms with Crippen LogP contribution in [-0.2, 0) is 14.3 Å². The predicted octanol–water partition coefficient (Wildman–Crippen LogP) is 4.34. The molecule has 188 valence electrons. The maximum Gasteiger partial charge on any atom is 0.295 e. The van der Waals surface area contributed by atoms with Crippen molar-refractivity contribution < 1.29 is 33.6 Å². The van der Waals surface area contributed by atoms with Crippen LogP contribution in [0.4, 0.5) is 0 Å². The Balaban J connectivity index is 2.07. The Morgan fingerprint density at radius 1 is 1.03 bits per heavy atom.